The molecular formula is C25H32F3N7O. The Bertz CT molecular complexity index is 1180. The normalized spacial score (nSPS) is 22.5. The number of imidazole rings is 1. The lowest BCUT2D eigenvalue weighted by atomic mass is 9.86. The van der Waals surface area contributed by atoms with Gasteiger partial charge in [-0.15, -0.1) is 0 Å². The second-order valence-corrected chi connectivity index (χ2v) is 10.1. The lowest BCUT2D eigenvalue weighted by Crippen LogP contribution is -2.41. The number of fused-ring (bicyclic) bond motifs is 1. The topological polar surface area (TPSA) is 103 Å². The van der Waals surface area contributed by atoms with E-state index in [1.54, 1.807) is 6.20 Å². The van der Waals surface area contributed by atoms with Crippen molar-refractivity contribution in [2.75, 3.05) is 30.4 Å². The van der Waals surface area contributed by atoms with Gasteiger partial charge in [0.15, 0.2) is 5.65 Å². The predicted molar refractivity (Wildman–Crippen MR) is 132 cm³/mol. The van der Waals surface area contributed by atoms with Crippen molar-refractivity contribution in [1.29, 1.82) is 0 Å². The Kier molecular flexibility index (Phi) is 6.78. The number of aromatic nitrogens is 4. The third-order valence-corrected chi connectivity index (χ3v) is 7.43. The van der Waals surface area contributed by atoms with E-state index in [2.05, 4.69) is 27.1 Å². The van der Waals surface area contributed by atoms with E-state index in [0.29, 0.717) is 54.4 Å². The lowest BCUT2D eigenvalue weighted by Gasteiger charge is -2.34. The van der Waals surface area contributed by atoms with Crippen LogP contribution in [0.1, 0.15) is 57.1 Å². The monoisotopic (exact) mass is 503 g/mol. The van der Waals surface area contributed by atoms with E-state index < -0.39 is 11.7 Å². The third kappa shape index (κ3) is 5.27. The third-order valence-electron chi connectivity index (χ3n) is 7.43. The van der Waals surface area contributed by atoms with Crippen LogP contribution in [-0.4, -0.2) is 44.8 Å². The molecule has 0 bridgehead atoms. The van der Waals surface area contributed by atoms with Crippen molar-refractivity contribution in [3.8, 4) is 0 Å². The summed E-state index contributed by atoms with van der Waals surface area (Å²) >= 11 is 0. The van der Waals surface area contributed by atoms with Crippen LogP contribution in [0.15, 0.2) is 30.5 Å². The zero-order chi connectivity index (χ0) is 25.3. The van der Waals surface area contributed by atoms with E-state index in [1.165, 1.54) is 12.1 Å². The molecule has 3 heterocycles. The molecule has 3 aromatic rings. The predicted octanol–water partition coefficient (Wildman–Crippen LogP) is 5.26. The van der Waals surface area contributed by atoms with Crippen molar-refractivity contribution < 1.29 is 17.9 Å². The maximum absolute atomic E-state index is 13.0. The summed E-state index contributed by atoms with van der Waals surface area (Å²) in [6.45, 7) is 4.20. The van der Waals surface area contributed by atoms with E-state index in [1.807, 2.05) is 0 Å². The minimum Gasteiger partial charge on any atom is -0.381 e. The van der Waals surface area contributed by atoms with Crippen LogP contribution in [0, 0.1) is 5.92 Å². The number of nitrogens with zero attached hydrogens (tertiary/aromatic N) is 4. The van der Waals surface area contributed by atoms with Crippen molar-refractivity contribution in [2.45, 2.75) is 63.2 Å². The molecule has 0 spiro atoms. The second kappa shape index (κ2) is 9.85. The summed E-state index contributed by atoms with van der Waals surface area (Å²) in [5, 5.41) is 6.71. The molecule has 4 N–H and O–H groups in total. The molecule has 0 unspecified atom stereocenters. The molecule has 11 heteroatoms. The van der Waals surface area contributed by atoms with Gasteiger partial charge in [0.1, 0.15) is 5.52 Å². The fraction of sp³-hybridized carbons (Fsp3) is 0.560. The van der Waals surface area contributed by atoms with Crippen LogP contribution in [0.5, 0.6) is 0 Å². The molecule has 36 heavy (non-hydrogen) atoms. The Balaban J connectivity index is 1.48. The molecule has 0 atom stereocenters. The molecule has 2 aromatic heterocycles. The first-order valence-corrected chi connectivity index (χ1v) is 12.5. The fourth-order valence-corrected chi connectivity index (χ4v) is 5.11. The molecule has 0 amide bonds. The smallest absolute Gasteiger partial charge is 0.381 e. The maximum Gasteiger partial charge on any atom is 0.416 e. The first kappa shape index (κ1) is 24.8. The molecule has 194 valence electrons. The van der Waals surface area contributed by atoms with Crippen molar-refractivity contribution >= 4 is 28.7 Å². The minimum absolute atomic E-state index is 0.149. The maximum atomic E-state index is 13.0. The molecule has 1 saturated heterocycles. The Morgan fingerprint density at radius 1 is 1.08 bits per heavy atom. The van der Waals surface area contributed by atoms with Gasteiger partial charge in [0.25, 0.3) is 0 Å². The highest BCUT2D eigenvalue weighted by molar-refractivity contribution is 5.76. The minimum atomic E-state index is -4.38. The number of anilines is 3. The van der Waals surface area contributed by atoms with Gasteiger partial charge < -0.3 is 21.1 Å². The molecule has 1 saturated carbocycles. The van der Waals surface area contributed by atoms with Crippen LogP contribution in [-0.2, 0) is 10.9 Å². The number of benzene rings is 1. The molecular weight excluding hydrogens is 471 g/mol. The quantitative estimate of drug-likeness (QED) is 0.422. The summed E-state index contributed by atoms with van der Waals surface area (Å²) in [5.74, 6) is 1.58. The number of hydrogen-bond donors (Lipinski definition) is 3. The van der Waals surface area contributed by atoms with Gasteiger partial charge in [-0.05, 0) is 82.2 Å². The van der Waals surface area contributed by atoms with Crippen molar-refractivity contribution in [1.82, 2.24) is 19.5 Å². The number of halogens is 3. The summed E-state index contributed by atoms with van der Waals surface area (Å²) < 4.78 is 46.6. The van der Waals surface area contributed by atoms with Crippen LogP contribution in [0.3, 0.4) is 0 Å². The van der Waals surface area contributed by atoms with Gasteiger partial charge in [0.2, 0.25) is 11.9 Å². The first-order chi connectivity index (χ1) is 17.2. The van der Waals surface area contributed by atoms with Crippen LogP contribution in [0.2, 0.25) is 0 Å². The Hall–Kier alpha value is -2.92. The van der Waals surface area contributed by atoms with Crippen LogP contribution < -0.4 is 16.4 Å². The van der Waals surface area contributed by atoms with Crippen LogP contribution >= 0.6 is 0 Å². The zero-order valence-electron chi connectivity index (χ0n) is 20.3. The van der Waals surface area contributed by atoms with E-state index >= 15 is 0 Å². The van der Waals surface area contributed by atoms with E-state index in [9.17, 15) is 13.2 Å². The van der Waals surface area contributed by atoms with Gasteiger partial charge >= 0.3 is 6.18 Å². The fourth-order valence-electron chi connectivity index (χ4n) is 5.11. The molecule has 2 fully saturated rings. The van der Waals surface area contributed by atoms with Gasteiger partial charge in [-0.1, -0.05) is 0 Å². The van der Waals surface area contributed by atoms with E-state index in [-0.39, 0.29) is 11.6 Å². The lowest BCUT2D eigenvalue weighted by molar-refractivity contribution is -0.137. The number of nitrogens with one attached hydrogen (secondary N) is 2. The van der Waals surface area contributed by atoms with Crippen LogP contribution in [0.25, 0.3) is 11.2 Å². The number of nitrogens with two attached hydrogens (primary N) is 1. The first-order valence-electron chi connectivity index (χ1n) is 12.5. The molecule has 1 aliphatic heterocycles. The summed E-state index contributed by atoms with van der Waals surface area (Å²) in [5.41, 5.74) is 6.92. The van der Waals surface area contributed by atoms with Crippen LogP contribution in [0.4, 0.5) is 30.8 Å². The van der Waals surface area contributed by atoms with Crippen molar-refractivity contribution in [2.24, 2.45) is 11.7 Å². The average molecular weight is 504 g/mol. The molecule has 1 aliphatic carbocycles. The standard InChI is InChI=1S/C25H32F3N7O/c1-24(10-12-36-13-11-24)34-22-30-15-20-21(33-22)35(19-8-2-16(14-29)3-9-19)23(32-20)31-18-6-4-17(5-7-18)25(26,27)28/h4-7,15-16,19H,2-3,8-14,29H2,1H3,(H,31,32)(H,30,33,34). The Labute approximate surface area is 207 Å². The summed E-state index contributed by atoms with van der Waals surface area (Å²) in [6, 6.07) is 5.12. The highest BCUT2D eigenvalue weighted by Gasteiger charge is 2.31. The van der Waals surface area contributed by atoms with Gasteiger partial charge in [-0.2, -0.15) is 18.2 Å². The largest absolute Gasteiger partial charge is 0.416 e. The molecule has 5 rings (SSSR count). The van der Waals surface area contributed by atoms with Crippen molar-refractivity contribution in [3.63, 3.8) is 0 Å². The molecule has 1 aromatic carbocycles. The number of rotatable bonds is 6. The van der Waals surface area contributed by atoms with Gasteiger partial charge in [0.05, 0.1) is 11.8 Å². The number of alkyl halides is 3. The SMILES string of the molecule is CC1(Nc2ncc3nc(Nc4ccc(C(F)(F)F)cc4)n(C4CCC(CN)CC4)c3n2)CCOCC1. The summed E-state index contributed by atoms with van der Waals surface area (Å²) in [7, 11) is 0. The Morgan fingerprint density at radius 3 is 2.42 bits per heavy atom. The second-order valence-electron chi connectivity index (χ2n) is 10.1. The molecule has 2 aliphatic rings. The molecule has 0 radical (unpaired) electrons. The Morgan fingerprint density at radius 2 is 1.78 bits per heavy atom. The van der Waals surface area contributed by atoms with E-state index in [0.717, 1.165) is 50.7 Å². The number of hydrogen-bond acceptors (Lipinski definition) is 7. The van der Waals surface area contributed by atoms with Gasteiger partial charge in [-0.25, -0.2) is 9.97 Å². The number of ether oxygens (including phenoxy) is 1. The highest BCUT2D eigenvalue weighted by atomic mass is 19.4. The summed E-state index contributed by atoms with van der Waals surface area (Å²) in [6.07, 6.45) is 2.91. The average Bonchev–Trinajstić information content (AvgIpc) is 3.21. The van der Waals surface area contributed by atoms with Gasteiger partial charge in [-0.3, -0.25) is 4.57 Å². The van der Waals surface area contributed by atoms with E-state index in [4.69, 9.17) is 20.4 Å². The molecule has 8 nitrogen and oxygen atoms in total. The highest BCUT2D eigenvalue weighted by Crippen LogP contribution is 2.37. The summed E-state index contributed by atoms with van der Waals surface area (Å²) in [4.78, 5) is 14.1. The van der Waals surface area contributed by atoms with Gasteiger partial charge in [0, 0.05) is 30.5 Å². The zero-order valence-corrected chi connectivity index (χ0v) is 20.3. The van der Waals surface area contributed by atoms with Crippen molar-refractivity contribution in [3.05, 3.63) is 36.0 Å².